The normalized spacial score (nSPS) is 11.1. The molecule has 0 saturated carbocycles. The standard InChI is InChI=1S/C13H14ClN3OS/c1-13(2,11-15-6-7-19-11)17-12(18)16-10-5-3-4-9(14)8-10/h3-8H,1-2H3,(H2,16,17,18). The highest BCUT2D eigenvalue weighted by Crippen LogP contribution is 2.22. The molecule has 0 aliphatic rings. The number of carbonyl (C=O) groups is 1. The molecule has 0 bridgehead atoms. The van der Waals surface area contributed by atoms with E-state index in [4.69, 9.17) is 11.6 Å². The lowest BCUT2D eigenvalue weighted by atomic mass is 10.1. The van der Waals surface area contributed by atoms with Gasteiger partial charge in [0.1, 0.15) is 5.01 Å². The first-order chi connectivity index (χ1) is 8.97. The van der Waals surface area contributed by atoms with E-state index in [2.05, 4.69) is 15.6 Å². The molecule has 2 aromatic rings. The van der Waals surface area contributed by atoms with Crippen molar-refractivity contribution in [2.75, 3.05) is 5.32 Å². The maximum absolute atomic E-state index is 11.9. The average molecular weight is 296 g/mol. The van der Waals surface area contributed by atoms with Gasteiger partial charge in [0.25, 0.3) is 0 Å². The fourth-order valence-electron chi connectivity index (χ4n) is 1.60. The van der Waals surface area contributed by atoms with Crippen LogP contribution in [0.15, 0.2) is 35.8 Å². The average Bonchev–Trinajstić information content (AvgIpc) is 2.81. The van der Waals surface area contributed by atoms with E-state index in [1.54, 1.807) is 30.5 Å². The quantitative estimate of drug-likeness (QED) is 0.903. The first kappa shape index (κ1) is 13.8. The number of hydrogen-bond donors (Lipinski definition) is 2. The molecule has 4 nitrogen and oxygen atoms in total. The Morgan fingerprint density at radius 2 is 2.21 bits per heavy atom. The third kappa shape index (κ3) is 3.68. The summed E-state index contributed by atoms with van der Waals surface area (Å²) < 4.78 is 0. The topological polar surface area (TPSA) is 54.0 Å². The highest BCUT2D eigenvalue weighted by Gasteiger charge is 2.25. The molecule has 0 aliphatic carbocycles. The fraction of sp³-hybridized carbons (Fsp3) is 0.231. The van der Waals surface area contributed by atoms with E-state index >= 15 is 0 Å². The molecular weight excluding hydrogens is 282 g/mol. The van der Waals surface area contributed by atoms with Crippen LogP contribution in [0, 0.1) is 0 Å². The molecule has 1 aromatic heterocycles. The zero-order valence-electron chi connectivity index (χ0n) is 10.6. The summed E-state index contributed by atoms with van der Waals surface area (Å²) in [5.41, 5.74) is 0.136. The molecule has 0 radical (unpaired) electrons. The minimum Gasteiger partial charge on any atom is -0.326 e. The lowest BCUT2D eigenvalue weighted by Crippen LogP contribution is -2.43. The largest absolute Gasteiger partial charge is 0.326 e. The van der Waals surface area contributed by atoms with Crippen molar-refractivity contribution in [2.24, 2.45) is 0 Å². The van der Waals surface area contributed by atoms with E-state index in [-0.39, 0.29) is 6.03 Å². The summed E-state index contributed by atoms with van der Waals surface area (Å²) in [6.07, 6.45) is 1.72. The van der Waals surface area contributed by atoms with E-state index in [9.17, 15) is 4.79 Å². The summed E-state index contributed by atoms with van der Waals surface area (Å²) in [4.78, 5) is 16.2. The number of benzene rings is 1. The van der Waals surface area contributed by atoms with Crippen LogP contribution in [0.5, 0.6) is 0 Å². The SMILES string of the molecule is CC(C)(NC(=O)Nc1cccc(Cl)c1)c1nccs1. The van der Waals surface area contributed by atoms with Crippen molar-refractivity contribution < 1.29 is 4.79 Å². The first-order valence-corrected chi connectivity index (χ1v) is 6.98. The molecule has 1 heterocycles. The Labute approximate surface area is 120 Å². The van der Waals surface area contributed by atoms with Crippen LogP contribution >= 0.6 is 22.9 Å². The van der Waals surface area contributed by atoms with Crippen molar-refractivity contribution in [1.29, 1.82) is 0 Å². The van der Waals surface area contributed by atoms with Crippen molar-refractivity contribution in [3.8, 4) is 0 Å². The number of nitrogens with zero attached hydrogens (tertiary/aromatic N) is 1. The van der Waals surface area contributed by atoms with Gasteiger partial charge in [-0.3, -0.25) is 0 Å². The van der Waals surface area contributed by atoms with Crippen molar-refractivity contribution in [3.05, 3.63) is 45.9 Å². The first-order valence-electron chi connectivity index (χ1n) is 5.72. The summed E-state index contributed by atoms with van der Waals surface area (Å²) >= 11 is 7.37. The van der Waals surface area contributed by atoms with Gasteiger partial charge >= 0.3 is 6.03 Å². The minimum atomic E-state index is -0.517. The van der Waals surface area contributed by atoms with Crippen LogP contribution in [0.25, 0.3) is 0 Å². The molecule has 100 valence electrons. The third-order valence-electron chi connectivity index (χ3n) is 2.48. The van der Waals surface area contributed by atoms with Crippen molar-refractivity contribution in [3.63, 3.8) is 0 Å². The van der Waals surface area contributed by atoms with Gasteiger partial charge in [0.05, 0.1) is 5.54 Å². The highest BCUT2D eigenvalue weighted by molar-refractivity contribution is 7.09. The Hall–Kier alpha value is -1.59. The highest BCUT2D eigenvalue weighted by atomic mass is 35.5. The van der Waals surface area contributed by atoms with Gasteiger partial charge in [0.2, 0.25) is 0 Å². The number of halogens is 1. The predicted octanol–water partition coefficient (Wildman–Crippen LogP) is 3.85. The van der Waals surface area contributed by atoms with Crippen LogP contribution < -0.4 is 10.6 Å². The van der Waals surface area contributed by atoms with Gasteiger partial charge in [-0.15, -0.1) is 11.3 Å². The Balaban J connectivity index is 2.02. The van der Waals surface area contributed by atoms with Gasteiger partial charge in [0.15, 0.2) is 0 Å². The van der Waals surface area contributed by atoms with Crippen LogP contribution in [-0.4, -0.2) is 11.0 Å². The van der Waals surface area contributed by atoms with E-state index in [1.807, 2.05) is 19.2 Å². The van der Waals surface area contributed by atoms with Gasteiger partial charge in [-0.25, -0.2) is 9.78 Å². The number of aromatic nitrogens is 1. The Bertz CT molecular complexity index is 569. The van der Waals surface area contributed by atoms with Crippen molar-refractivity contribution in [2.45, 2.75) is 19.4 Å². The molecule has 1 aromatic carbocycles. The molecule has 2 N–H and O–H groups in total. The van der Waals surface area contributed by atoms with Gasteiger partial charge in [-0.05, 0) is 32.0 Å². The third-order valence-corrected chi connectivity index (χ3v) is 3.81. The minimum absolute atomic E-state index is 0.289. The number of carbonyl (C=O) groups excluding carboxylic acids is 1. The lowest BCUT2D eigenvalue weighted by molar-refractivity contribution is 0.242. The molecular formula is C13H14ClN3OS. The zero-order valence-corrected chi connectivity index (χ0v) is 12.2. The summed E-state index contributed by atoms with van der Waals surface area (Å²) in [6.45, 7) is 3.81. The second kappa shape index (κ2) is 5.59. The summed E-state index contributed by atoms with van der Waals surface area (Å²) in [6, 6.07) is 6.72. The van der Waals surface area contributed by atoms with Crippen molar-refractivity contribution in [1.82, 2.24) is 10.3 Å². The molecule has 0 atom stereocenters. The number of anilines is 1. The summed E-state index contributed by atoms with van der Waals surface area (Å²) in [5.74, 6) is 0. The Kier molecular flexibility index (Phi) is 4.07. The number of urea groups is 1. The molecule has 0 unspecified atom stereocenters. The van der Waals surface area contributed by atoms with Crippen molar-refractivity contribution >= 4 is 34.7 Å². The second-order valence-electron chi connectivity index (χ2n) is 4.55. The number of hydrogen-bond acceptors (Lipinski definition) is 3. The van der Waals surface area contributed by atoms with Crippen LogP contribution in [0.2, 0.25) is 5.02 Å². The van der Waals surface area contributed by atoms with E-state index in [1.165, 1.54) is 11.3 Å². The molecule has 2 rings (SSSR count). The number of rotatable bonds is 3. The van der Waals surface area contributed by atoms with Crippen LogP contribution in [0.3, 0.4) is 0 Å². The van der Waals surface area contributed by atoms with E-state index in [0.29, 0.717) is 10.7 Å². The number of amides is 2. The van der Waals surface area contributed by atoms with Crippen LogP contribution in [0.1, 0.15) is 18.9 Å². The molecule has 19 heavy (non-hydrogen) atoms. The van der Waals surface area contributed by atoms with E-state index in [0.717, 1.165) is 5.01 Å². The monoisotopic (exact) mass is 295 g/mol. The van der Waals surface area contributed by atoms with Gasteiger partial charge in [-0.1, -0.05) is 17.7 Å². The smallest absolute Gasteiger partial charge is 0.319 e. The summed E-state index contributed by atoms with van der Waals surface area (Å²) in [7, 11) is 0. The molecule has 2 amide bonds. The van der Waals surface area contributed by atoms with Gasteiger partial charge < -0.3 is 10.6 Å². The molecule has 0 fully saturated rings. The maximum atomic E-state index is 11.9. The fourth-order valence-corrected chi connectivity index (χ4v) is 2.51. The molecule has 0 saturated heterocycles. The van der Waals surface area contributed by atoms with E-state index < -0.39 is 5.54 Å². The van der Waals surface area contributed by atoms with Crippen LogP contribution in [0.4, 0.5) is 10.5 Å². The molecule has 0 spiro atoms. The second-order valence-corrected chi connectivity index (χ2v) is 5.88. The summed E-state index contributed by atoms with van der Waals surface area (Å²) in [5, 5.41) is 8.94. The predicted molar refractivity (Wildman–Crippen MR) is 78.7 cm³/mol. The lowest BCUT2D eigenvalue weighted by Gasteiger charge is -2.23. The van der Waals surface area contributed by atoms with Crippen LogP contribution in [-0.2, 0) is 5.54 Å². The molecule has 6 heteroatoms. The number of nitrogens with one attached hydrogen (secondary N) is 2. The number of thiazole rings is 1. The maximum Gasteiger partial charge on any atom is 0.319 e. The van der Waals surface area contributed by atoms with Gasteiger partial charge in [0, 0.05) is 22.3 Å². The van der Waals surface area contributed by atoms with Gasteiger partial charge in [-0.2, -0.15) is 0 Å². The Morgan fingerprint density at radius 1 is 1.42 bits per heavy atom. The zero-order chi connectivity index (χ0) is 13.9. The molecule has 0 aliphatic heterocycles. The Morgan fingerprint density at radius 3 is 2.84 bits per heavy atom.